The lowest BCUT2D eigenvalue weighted by Crippen LogP contribution is -2.24. The number of hydrogen-bond acceptors (Lipinski definition) is 4. The molecule has 1 aromatic carbocycles. The van der Waals surface area contributed by atoms with Crippen LogP contribution in [0.1, 0.15) is 22.5 Å². The minimum atomic E-state index is -0.733. The van der Waals surface area contributed by atoms with E-state index in [-0.39, 0.29) is 33.8 Å². The number of nitriles is 1. The van der Waals surface area contributed by atoms with Crippen LogP contribution in [0, 0.1) is 36.8 Å². The normalized spacial score (nSPS) is 10.6. The lowest BCUT2D eigenvalue weighted by molar-refractivity contribution is 0.296. The summed E-state index contributed by atoms with van der Waals surface area (Å²) < 4.78 is 33.8. The number of nitrogens with zero attached hydrogens (tertiary/aromatic N) is 3. The molecule has 0 spiro atoms. The van der Waals surface area contributed by atoms with Crippen molar-refractivity contribution < 1.29 is 13.5 Å². The Kier molecular flexibility index (Phi) is 5.56. The zero-order chi connectivity index (χ0) is 20.4. The van der Waals surface area contributed by atoms with Crippen LogP contribution in [0.3, 0.4) is 0 Å². The Hall–Kier alpha value is -3.05. The number of aryl methyl sites for hydroxylation is 2. The molecule has 0 aliphatic heterocycles. The van der Waals surface area contributed by atoms with E-state index in [9.17, 15) is 18.8 Å². The lowest BCUT2D eigenvalue weighted by atomic mass is 10.2. The monoisotopic (exact) mass is 445 g/mol. The first kappa shape index (κ1) is 19.7. The molecule has 3 aromatic rings. The summed E-state index contributed by atoms with van der Waals surface area (Å²) in [5.74, 6) is -0.987. The molecule has 2 aromatic heterocycles. The zero-order valence-electron chi connectivity index (χ0n) is 15.0. The second-order valence-corrected chi connectivity index (χ2v) is 6.86. The summed E-state index contributed by atoms with van der Waals surface area (Å²) >= 11 is 3.21. The number of hydrogen-bond donors (Lipinski definition) is 0. The van der Waals surface area contributed by atoms with E-state index in [4.69, 9.17) is 4.74 Å². The molecular weight excluding hydrogens is 432 g/mol. The zero-order valence-corrected chi connectivity index (χ0v) is 16.5. The van der Waals surface area contributed by atoms with Gasteiger partial charge in [-0.15, -0.1) is 0 Å². The molecule has 8 heteroatoms. The van der Waals surface area contributed by atoms with Crippen LogP contribution in [0.4, 0.5) is 8.78 Å². The first-order valence-corrected chi connectivity index (χ1v) is 8.98. The third kappa shape index (κ3) is 3.80. The van der Waals surface area contributed by atoms with Gasteiger partial charge in [0.15, 0.2) is 5.82 Å². The van der Waals surface area contributed by atoms with Crippen molar-refractivity contribution in [2.24, 2.45) is 0 Å². The topological polar surface area (TPSA) is 67.9 Å². The van der Waals surface area contributed by atoms with Crippen LogP contribution in [0.5, 0.6) is 5.75 Å². The van der Waals surface area contributed by atoms with Crippen LogP contribution < -0.4 is 10.3 Å². The number of pyridine rings is 2. The smallest absolute Gasteiger partial charge is 0.274 e. The van der Waals surface area contributed by atoms with E-state index in [1.807, 2.05) is 6.07 Å². The van der Waals surface area contributed by atoms with Crippen molar-refractivity contribution in [2.45, 2.75) is 20.5 Å². The molecule has 0 saturated carbocycles. The highest BCUT2D eigenvalue weighted by Gasteiger charge is 2.17. The van der Waals surface area contributed by atoms with E-state index in [0.717, 1.165) is 12.1 Å². The van der Waals surface area contributed by atoms with Gasteiger partial charge in [0.05, 0.1) is 5.56 Å². The molecule has 142 valence electrons. The van der Waals surface area contributed by atoms with Gasteiger partial charge in [0.1, 0.15) is 34.5 Å². The molecule has 0 fully saturated rings. The van der Waals surface area contributed by atoms with Gasteiger partial charge in [-0.1, -0.05) is 0 Å². The first-order valence-electron chi connectivity index (χ1n) is 8.19. The molecule has 0 unspecified atom stereocenters. The Morgan fingerprint density at radius 1 is 1.21 bits per heavy atom. The van der Waals surface area contributed by atoms with Crippen molar-refractivity contribution in [1.29, 1.82) is 5.26 Å². The molecule has 0 aliphatic carbocycles. The van der Waals surface area contributed by atoms with Gasteiger partial charge < -0.3 is 4.74 Å². The quantitative estimate of drug-likeness (QED) is 0.598. The molecule has 0 aliphatic rings. The van der Waals surface area contributed by atoms with Crippen molar-refractivity contribution in [1.82, 2.24) is 9.55 Å². The fourth-order valence-corrected chi connectivity index (χ4v) is 3.05. The molecule has 3 rings (SSSR count). The van der Waals surface area contributed by atoms with Gasteiger partial charge in [-0.2, -0.15) is 5.26 Å². The van der Waals surface area contributed by atoms with E-state index in [0.29, 0.717) is 11.4 Å². The van der Waals surface area contributed by atoms with Crippen LogP contribution in [-0.4, -0.2) is 9.55 Å². The third-order valence-electron chi connectivity index (χ3n) is 4.04. The summed E-state index contributed by atoms with van der Waals surface area (Å²) in [5, 5.41) is 9.33. The van der Waals surface area contributed by atoms with Crippen molar-refractivity contribution in [3.8, 4) is 17.6 Å². The fourth-order valence-electron chi connectivity index (χ4n) is 2.64. The number of aromatic nitrogens is 2. The Labute approximate surface area is 168 Å². The van der Waals surface area contributed by atoms with Crippen LogP contribution in [-0.2, 0) is 6.61 Å². The van der Waals surface area contributed by atoms with E-state index in [1.54, 1.807) is 32.0 Å². The number of halogens is 3. The first-order chi connectivity index (χ1) is 13.3. The number of ether oxygens (including phenoxy) is 1. The average molecular weight is 446 g/mol. The lowest BCUT2D eigenvalue weighted by Gasteiger charge is -2.15. The van der Waals surface area contributed by atoms with Gasteiger partial charge in [0.2, 0.25) is 0 Å². The van der Waals surface area contributed by atoms with Gasteiger partial charge >= 0.3 is 0 Å². The molecule has 5 nitrogen and oxygen atoms in total. The van der Waals surface area contributed by atoms with Crippen molar-refractivity contribution in [3.63, 3.8) is 0 Å². The molecule has 0 N–H and O–H groups in total. The Morgan fingerprint density at radius 2 is 1.96 bits per heavy atom. The van der Waals surface area contributed by atoms with Crippen molar-refractivity contribution >= 4 is 15.9 Å². The Balaban J connectivity index is 2.01. The molecule has 2 heterocycles. The van der Waals surface area contributed by atoms with Crippen LogP contribution >= 0.6 is 15.9 Å². The van der Waals surface area contributed by atoms with Crippen LogP contribution in [0.25, 0.3) is 5.82 Å². The Bertz CT molecular complexity index is 1170. The average Bonchev–Trinajstić information content (AvgIpc) is 2.65. The highest BCUT2D eigenvalue weighted by Crippen LogP contribution is 2.26. The summed E-state index contributed by atoms with van der Waals surface area (Å²) in [4.78, 5) is 17.2. The number of rotatable bonds is 4. The van der Waals surface area contributed by atoms with Gasteiger partial charge in [-0.25, -0.2) is 13.8 Å². The molecular formula is C20H14BrF2N3O2. The molecule has 0 radical (unpaired) electrons. The third-order valence-corrected chi connectivity index (χ3v) is 4.77. The Morgan fingerprint density at radius 3 is 2.64 bits per heavy atom. The van der Waals surface area contributed by atoms with E-state index >= 15 is 0 Å². The highest BCUT2D eigenvalue weighted by molar-refractivity contribution is 9.10. The summed E-state index contributed by atoms with van der Waals surface area (Å²) in [5.41, 5.74) is 1.08. The van der Waals surface area contributed by atoms with Crippen molar-refractivity contribution in [3.05, 3.63) is 85.4 Å². The van der Waals surface area contributed by atoms with Gasteiger partial charge in [-0.05, 0) is 54.0 Å². The summed E-state index contributed by atoms with van der Waals surface area (Å²) in [6, 6.07) is 10.1. The van der Waals surface area contributed by atoms with E-state index in [1.165, 1.54) is 10.6 Å². The SMILES string of the molecule is Cc1ccc(C#N)c(-n2c(C)cc(OCc3ccc(F)cc3F)c(Br)c2=O)n1. The maximum atomic E-state index is 13.8. The van der Waals surface area contributed by atoms with Crippen molar-refractivity contribution in [2.75, 3.05) is 0 Å². The molecule has 0 atom stereocenters. The van der Waals surface area contributed by atoms with Gasteiger partial charge in [-0.3, -0.25) is 9.36 Å². The minimum Gasteiger partial charge on any atom is -0.487 e. The number of benzene rings is 1. The summed E-state index contributed by atoms with van der Waals surface area (Å²) in [6.07, 6.45) is 0. The maximum absolute atomic E-state index is 13.8. The molecule has 0 amide bonds. The second kappa shape index (κ2) is 7.90. The predicted octanol–water partition coefficient (Wildman–Crippen LogP) is 4.34. The second-order valence-electron chi connectivity index (χ2n) is 6.06. The van der Waals surface area contributed by atoms with Crippen LogP contribution in [0.2, 0.25) is 0 Å². The maximum Gasteiger partial charge on any atom is 0.274 e. The summed E-state index contributed by atoms with van der Waals surface area (Å²) in [6.45, 7) is 3.25. The fraction of sp³-hybridized carbons (Fsp3) is 0.150. The minimum absolute atomic E-state index is 0.104. The van der Waals surface area contributed by atoms with Gasteiger partial charge in [0, 0.05) is 29.1 Å². The van der Waals surface area contributed by atoms with Gasteiger partial charge in [0.25, 0.3) is 5.56 Å². The highest BCUT2D eigenvalue weighted by atomic mass is 79.9. The standard InChI is InChI=1S/C20H14BrF2N3O2/c1-11-3-4-13(9-24)19(25-11)26-12(2)7-17(18(21)20(26)27)28-10-14-5-6-15(22)8-16(14)23/h3-8H,10H2,1-2H3. The van der Waals surface area contributed by atoms with E-state index in [2.05, 4.69) is 20.9 Å². The summed E-state index contributed by atoms with van der Waals surface area (Å²) in [7, 11) is 0. The largest absolute Gasteiger partial charge is 0.487 e. The predicted molar refractivity (Wildman–Crippen MR) is 102 cm³/mol. The van der Waals surface area contributed by atoms with Crippen LogP contribution in [0.15, 0.2) is 45.7 Å². The molecule has 0 saturated heterocycles. The molecule has 0 bridgehead atoms. The molecule has 28 heavy (non-hydrogen) atoms. The van der Waals surface area contributed by atoms with E-state index < -0.39 is 17.2 Å².